The Morgan fingerprint density at radius 3 is 2.53 bits per heavy atom. The first kappa shape index (κ1) is 15.4. The van der Waals surface area contributed by atoms with E-state index in [2.05, 4.69) is 25.6 Å². The van der Waals surface area contributed by atoms with E-state index in [0.717, 1.165) is 13.0 Å². The molecule has 0 saturated heterocycles. The second-order valence-corrected chi connectivity index (χ2v) is 5.17. The van der Waals surface area contributed by atoms with Crippen molar-refractivity contribution in [3.05, 3.63) is 5.28 Å². The van der Waals surface area contributed by atoms with Crippen molar-refractivity contribution in [2.45, 2.75) is 39.2 Å². The average Bonchev–Trinajstić information content (AvgIpc) is 2.22. The minimum atomic E-state index is -0.557. The van der Waals surface area contributed by atoms with Crippen molar-refractivity contribution in [1.29, 1.82) is 0 Å². The van der Waals surface area contributed by atoms with Gasteiger partial charge >= 0.3 is 0 Å². The quantitative estimate of drug-likeness (QED) is 0.700. The zero-order valence-electron chi connectivity index (χ0n) is 11.3. The van der Waals surface area contributed by atoms with Crippen LogP contribution in [0.1, 0.15) is 33.6 Å². The lowest BCUT2D eigenvalue weighted by atomic mass is 10.0. The Morgan fingerprint density at radius 2 is 1.95 bits per heavy atom. The first-order valence-electron chi connectivity index (χ1n) is 6.04. The number of hydrogen-bond donors (Lipinski definition) is 3. The summed E-state index contributed by atoms with van der Waals surface area (Å²) in [6.07, 6.45) is 1.10. The van der Waals surface area contributed by atoms with Gasteiger partial charge in [-0.15, -0.1) is 0 Å². The number of anilines is 2. The summed E-state index contributed by atoms with van der Waals surface area (Å²) >= 11 is 5.83. The SMILES string of the molecule is CCCNc1nc(Cl)nc(NC(C)(C)CC(N)=O)n1. The molecule has 7 nitrogen and oxygen atoms in total. The number of rotatable bonds is 7. The van der Waals surface area contributed by atoms with Gasteiger partial charge in [-0.05, 0) is 31.9 Å². The maximum Gasteiger partial charge on any atom is 0.229 e. The van der Waals surface area contributed by atoms with Gasteiger partial charge < -0.3 is 16.4 Å². The molecule has 0 bridgehead atoms. The highest BCUT2D eigenvalue weighted by Gasteiger charge is 2.22. The number of halogens is 1. The predicted molar refractivity (Wildman–Crippen MR) is 75.1 cm³/mol. The van der Waals surface area contributed by atoms with E-state index in [9.17, 15) is 4.79 Å². The van der Waals surface area contributed by atoms with Crippen molar-refractivity contribution in [3.8, 4) is 0 Å². The molecule has 0 fully saturated rings. The number of nitrogens with one attached hydrogen (secondary N) is 2. The molecule has 1 rings (SSSR count). The third kappa shape index (κ3) is 5.69. The summed E-state index contributed by atoms with van der Waals surface area (Å²) in [6.45, 7) is 6.43. The number of hydrogen-bond acceptors (Lipinski definition) is 6. The van der Waals surface area contributed by atoms with E-state index in [-0.39, 0.29) is 11.7 Å². The topological polar surface area (TPSA) is 106 Å². The minimum Gasteiger partial charge on any atom is -0.370 e. The van der Waals surface area contributed by atoms with Crippen LogP contribution in [-0.4, -0.2) is 32.9 Å². The summed E-state index contributed by atoms with van der Waals surface area (Å²) in [5.41, 5.74) is 4.63. The maximum absolute atomic E-state index is 11.0. The van der Waals surface area contributed by atoms with Crippen LogP contribution in [0.4, 0.5) is 11.9 Å². The Labute approximate surface area is 117 Å². The third-order valence-corrected chi connectivity index (χ3v) is 2.38. The van der Waals surface area contributed by atoms with Crippen LogP contribution in [0.2, 0.25) is 5.28 Å². The molecule has 0 atom stereocenters. The minimum absolute atomic E-state index is 0.0889. The number of amides is 1. The van der Waals surface area contributed by atoms with E-state index in [1.807, 2.05) is 20.8 Å². The van der Waals surface area contributed by atoms with Gasteiger partial charge in [0.2, 0.25) is 23.1 Å². The Hall–Kier alpha value is -1.63. The fraction of sp³-hybridized carbons (Fsp3) is 0.636. The number of nitrogens with zero attached hydrogens (tertiary/aromatic N) is 3. The van der Waals surface area contributed by atoms with Crippen LogP contribution in [0.25, 0.3) is 0 Å². The van der Waals surface area contributed by atoms with Crippen molar-refractivity contribution in [3.63, 3.8) is 0 Å². The highest BCUT2D eigenvalue weighted by Crippen LogP contribution is 2.17. The molecule has 1 aromatic heterocycles. The molecule has 1 amide bonds. The molecular formula is C11H19ClN6O. The van der Waals surface area contributed by atoms with Crippen LogP contribution in [-0.2, 0) is 4.79 Å². The van der Waals surface area contributed by atoms with Crippen LogP contribution in [0.3, 0.4) is 0 Å². The van der Waals surface area contributed by atoms with Crippen molar-refractivity contribution in [1.82, 2.24) is 15.0 Å². The Balaban J connectivity index is 2.82. The number of primary amides is 1. The number of carbonyl (C=O) groups excluding carboxylic acids is 1. The molecule has 19 heavy (non-hydrogen) atoms. The molecule has 4 N–H and O–H groups in total. The van der Waals surface area contributed by atoms with Gasteiger partial charge in [0.25, 0.3) is 0 Å². The van der Waals surface area contributed by atoms with Crippen molar-refractivity contribution in [2.75, 3.05) is 17.2 Å². The largest absolute Gasteiger partial charge is 0.370 e. The van der Waals surface area contributed by atoms with Gasteiger partial charge in [-0.3, -0.25) is 4.79 Å². The molecule has 0 radical (unpaired) electrons. The van der Waals surface area contributed by atoms with Gasteiger partial charge in [-0.2, -0.15) is 15.0 Å². The summed E-state index contributed by atoms with van der Waals surface area (Å²) in [5, 5.41) is 6.13. The highest BCUT2D eigenvalue weighted by molar-refractivity contribution is 6.28. The summed E-state index contributed by atoms with van der Waals surface area (Å²) in [5.74, 6) is 0.311. The van der Waals surface area contributed by atoms with Gasteiger partial charge in [-0.25, -0.2) is 0 Å². The first-order valence-corrected chi connectivity index (χ1v) is 6.42. The van der Waals surface area contributed by atoms with Crippen LogP contribution >= 0.6 is 11.6 Å². The molecule has 106 valence electrons. The summed E-state index contributed by atoms with van der Waals surface area (Å²) in [7, 11) is 0. The number of nitrogens with two attached hydrogens (primary N) is 1. The molecule has 0 unspecified atom stereocenters. The van der Waals surface area contributed by atoms with Crippen molar-refractivity contribution >= 4 is 29.4 Å². The van der Waals surface area contributed by atoms with Crippen LogP contribution in [0.15, 0.2) is 0 Å². The van der Waals surface area contributed by atoms with Gasteiger partial charge in [0.15, 0.2) is 0 Å². The van der Waals surface area contributed by atoms with Gasteiger partial charge in [-0.1, -0.05) is 6.92 Å². The fourth-order valence-electron chi connectivity index (χ4n) is 1.50. The fourth-order valence-corrected chi connectivity index (χ4v) is 1.66. The molecule has 0 aliphatic heterocycles. The summed E-state index contributed by atoms with van der Waals surface area (Å²) in [4.78, 5) is 23.1. The van der Waals surface area contributed by atoms with Crippen LogP contribution < -0.4 is 16.4 Å². The molecule has 0 saturated carbocycles. The summed E-state index contributed by atoms with van der Waals surface area (Å²) in [6, 6.07) is 0. The molecule has 0 aliphatic rings. The van der Waals surface area contributed by atoms with E-state index in [0.29, 0.717) is 11.9 Å². The van der Waals surface area contributed by atoms with Gasteiger partial charge in [0.1, 0.15) is 0 Å². The molecule has 0 aromatic carbocycles. The molecule has 0 aliphatic carbocycles. The molecular weight excluding hydrogens is 268 g/mol. The van der Waals surface area contributed by atoms with Crippen LogP contribution in [0, 0.1) is 0 Å². The van der Waals surface area contributed by atoms with E-state index < -0.39 is 11.4 Å². The van der Waals surface area contributed by atoms with Gasteiger partial charge in [0.05, 0.1) is 0 Å². The van der Waals surface area contributed by atoms with E-state index >= 15 is 0 Å². The normalized spacial score (nSPS) is 11.2. The van der Waals surface area contributed by atoms with E-state index in [1.165, 1.54) is 0 Å². The average molecular weight is 287 g/mol. The maximum atomic E-state index is 11.0. The zero-order chi connectivity index (χ0) is 14.5. The third-order valence-electron chi connectivity index (χ3n) is 2.21. The van der Waals surface area contributed by atoms with E-state index in [4.69, 9.17) is 17.3 Å². The Bertz CT molecular complexity index is 451. The lowest BCUT2D eigenvalue weighted by Crippen LogP contribution is -2.36. The van der Waals surface area contributed by atoms with Crippen molar-refractivity contribution in [2.24, 2.45) is 5.73 Å². The Morgan fingerprint density at radius 1 is 1.32 bits per heavy atom. The second kappa shape index (κ2) is 6.51. The predicted octanol–water partition coefficient (Wildman–Crippen LogP) is 1.41. The van der Waals surface area contributed by atoms with Gasteiger partial charge in [0, 0.05) is 18.5 Å². The zero-order valence-corrected chi connectivity index (χ0v) is 12.1. The molecule has 0 spiro atoms. The van der Waals surface area contributed by atoms with Crippen molar-refractivity contribution < 1.29 is 4.79 Å². The lowest BCUT2D eigenvalue weighted by molar-refractivity contribution is -0.118. The van der Waals surface area contributed by atoms with E-state index in [1.54, 1.807) is 0 Å². The Kier molecular flexibility index (Phi) is 5.29. The van der Waals surface area contributed by atoms with Crippen LogP contribution in [0.5, 0.6) is 0 Å². The molecule has 1 aromatic rings. The number of carbonyl (C=O) groups is 1. The number of aromatic nitrogens is 3. The smallest absolute Gasteiger partial charge is 0.229 e. The standard InChI is InChI=1S/C11H19ClN6O/c1-4-5-14-9-15-8(12)16-10(17-9)18-11(2,3)6-7(13)19/h4-6H2,1-3H3,(H2,13,19)(H2,14,15,16,17,18). The summed E-state index contributed by atoms with van der Waals surface area (Å²) < 4.78 is 0. The highest BCUT2D eigenvalue weighted by atomic mass is 35.5. The second-order valence-electron chi connectivity index (χ2n) is 4.83. The molecule has 8 heteroatoms. The lowest BCUT2D eigenvalue weighted by Gasteiger charge is -2.24. The monoisotopic (exact) mass is 286 g/mol. The first-order chi connectivity index (χ1) is 8.82. The molecule has 1 heterocycles.